The van der Waals surface area contributed by atoms with Crippen molar-refractivity contribution in [2.24, 2.45) is 5.73 Å². The van der Waals surface area contributed by atoms with Crippen molar-refractivity contribution in [3.05, 3.63) is 23.8 Å². The average molecular weight is 293 g/mol. The van der Waals surface area contributed by atoms with E-state index in [2.05, 4.69) is 4.90 Å². The van der Waals surface area contributed by atoms with Crippen molar-refractivity contribution in [3.63, 3.8) is 0 Å². The number of benzene rings is 1. The average Bonchev–Trinajstić information content (AvgIpc) is 2.50. The molecule has 0 spiro atoms. The summed E-state index contributed by atoms with van der Waals surface area (Å²) in [6.07, 6.45) is 2.11. The van der Waals surface area contributed by atoms with E-state index < -0.39 is 0 Å². The predicted molar refractivity (Wildman–Crippen MR) is 80.4 cm³/mol. The van der Waals surface area contributed by atoms with E-state index >= 15 is 0 Å². The molecule has 0 unspecified atom stereocenters. The number of phenolic OH excluding ortho intramolecular Hbond substituents is 2. The maximum atomic E-state index is 12.4. The Kier molecular flexibility index (Phi) is 5.41. The summed E-state index contributed by atoms with van der Waals surface area (Å²) >= 11 is 0. The Balaban J connectivity index is 1.89. The summed E-state index contributed by atoms with van der Waals surface area (Å²) in [4.78, 5) is 16.4. The van der Waals surface area contributed by atoms with Gasteiger partial charge < -0.3 is 20.8 Å². The van der Waals surface area contributed by atoms with Gasteiger partial charge in [0.2, 0.25) is 0 Å². The molecule has 1 saturated heterocycles. The van der Waals surface area contributed by atoms with Crippen LogP contribution in [-0.4, -0.2) is 65.2 Å². The Hall–Kier alpha value is -1.79. The SMILES string of the molecule is NCCCCN1CCN(C(=O)c2cc(O)ccc2O)CC1. The van der Waals surface area contributed by atoms with Gasteiger partial charge in [-0.15, -0.1) is 0 Å². The molecule has 116 valence electrons. The highest BCUT2D eigenvalue weighted by molar-refractivity contribution is 5.97. The van der Waals surface area contributed by atoms with E-state index in [0.717, 1.165) is 39.0 Å². The van der Waals surface area contributed by atoms with Gasteiger partial charge in [0.05, 0.1) is 5.56 Å². The fourth-order valence-electron chi connectivity index (χ4n) is 2.52. The quantitative estimate of drug-likeness (QED) is 0.546. The van der Waals surface area contributed by atoms with Crippen LogP contribution in [0, 0.1) is 0 Å². The van der Waals surface area contributed by atoms with Crippen LogP contribution < -0.4 is 5.73 Å². The highest BCUT2D eigenvalue weighted by atomic mass is 16.3. The maximum Gasteiger partial charge on any atom is 0.257 e. The van der Waals surface area contributed by atoms with Crippen LogP contribution >= 0.6 is 0 Å². The molecule has 0 aromatic heterocycles. The highest BCUT2D eigenvalue weighted by Gasteiger charge is 2.23. The Morgan fingerprint density at radius 2 is 1.86 bits per heavy atom. The Bertz CT molecular complexity index is 485. The van der Waals surface area contributed by atoms with Gasteiger partial charge in [0.25, 0.3) is 5.91 Å². The van der Waals surface area contributed by atoms with Gasteiger partial charge in [0, 0.05) is 26.2 Å². The fraction of sp³-hybridized carbons (Fsp3) is 0.533. The highest BCUT2D eigenvalue weighted by Crippen LogP contribution is 2.24. The molecule has 4 N–H and O–H groups in total. The smallest absolute Gasteiger partial charge is 0.257 e. The van der Waals surface area contributed by atoms with Gasteiger partial charge in [0.1, 0.15) is 11.5 Å². The molecule has 2 rings (SSSR count). The Morgan fingerprint density at radius 1 is 1.14 bits per heavy atom. The second-order valence-corrected chi connectivity index (χ2v) is 5.33. The van der Waals surface area contributed by atoms with Gasteiger partial charge in [-0.3, -0.25) is 9.69 Å². The molecule has 0 radical (unpaired) electrons. The monoisotopic (exact) mass is 293 g/mol. The molecule has 1 amide bonds. The number of carbonyl (C=O) groups is 1. The molecule has 1 aromatic rings. The van der Waals surface area contributed by atoms with Crippen LogP contribution in [0.5, 0.6) is 11.5 Å². The van der Waals surface area contributed by atoms with Crippen LogP contribution in [0.25, 0.3) is 0 Å². The van der Waals surface area contributed by atoms with Gasteiger partial charge in [-0.25, -0.2) is 0 Å². The van der Waals surface area contributed by atoms with E-state index in [0.29, 0.717) is 13.1 Å². The largest absolute Gasteiger partial charge is 0.508 e. The van der Waals surface area contributed by atoms with Crippen molar-refractivity contribution in [2.75, 3.05) is 39.3 Å². The van der Waals surface area contributed by atoms with Crippen molar-refractivity contribution in [1.82, 2.24) is 9.80 Å². The van der Waals surface area contributed by atoms with Crippen LogP contribution in [0.15, 0.2) is 18.2 Å². The van der Waals surface area contributed by atoms with Gasteiger partial charge in [0.15, 0.2) is 0 Å². The third-order valence-corrected chi connectivity index (χ3v) is 3.80. The second kappa shape index (κ2) is 7.28. The lowest BCUT2D eigenvalue weighted by atomic mass is 10.1. The summed E-state index contributed by atoms with van der Waals surface area (Å²) in [7, 11) is 0. The van der Waals surface area contributed by atoms with E-state index in [9.17, 15) is 15.0 Å². The minimum Gasteiger partial charge on any atom is -0.508 e. The number of piperazine rings is 1. The summed E-state index contributed by atoms with van der Waals surface area (Å²) < 4.78 is 0. The van der Waals surface area contributed by atoms with Crippen LogP contribution in [0.1, 0.15) is 23.2 Å². The van der Waals surface area contributed by atoms with Crippen molar-refractivity contribution in [1.29, 1.82) is 0 Å². The first kappa shape index (κ1) is 15.6. The molecule has 1 heterocycles. The maximum absolute atomic E-state index is 12.4. The first-order valence-corrected chi connectivity index (χ1v) is 7.35. The van der Waals surface area contributed by atoms with E-state index in [4.69, 9.17) is 5.73 Å². The van der Waals surface area contributed by atoms with Gasteiger partial charge in [-0.1, -0.05) is 0 Å². The van der Waals surface area contributed by atoms with Crippen molar-refractivity contribution >= 4 is 5.91 Å². The molecule has 0 aliphatic carbocycles. The van der Waals surface area contributed by atoms with Crippen LogP contribution in [0.4, 0.5) is 0 Å². The molecular formula is C15H23N3O3. The summed E-state index contributed by atoms with van der Waals surface area (Å²) in [5.41, 5.74) is 5.64. The van der Waals surface area contributed by atoms with Crippen LogP contribution in [0.3, 0.4) is 0 Å². The molecule has 1 aromatic carbocycles. The molecule has 6 nitrogen and oxygen atoms in total. The molecule has 6 heteroatoms. The number of hydrogen-bond donors (Lipinski definition) is 3. The third kappa shape index (κ3) is 4.09. The number of unbranched alkanes of at least 4 members (excludes halogenated alkanes) is 1. The third-order valence-electron chi connectivity index (χ3n) is 3.80. The van der Waals surface area contributed by atoms with E-state index in [-0.39, 0.29) is 23.0 Å². The molecule has 1 aliphatic heterocycles. The summed E-state index contributed by atoms with van der Waals surface area (Å²) in [5.74, 6) is -0.343. The van der Waals surface area contributed by atoms with Crippen LogP contribution in [-0.2, 0) is 0 Å². The van der Waals surface area contributed by atoms with Crippen molar-refractivity contribution in [2.45, 2.75) is 12.8 Å². The Labute approximate surface area is 124 Å². The number of phenols is 2. The van der Waals surface area contributed by atoms with Crippen molar-refractivity contribution < 1.29 is 15.0 Å². The molecular weight excluding hydrogens is 270 g/mol. The minimum absolute atomic E-state index is 0.0171. The molecule has 0 atom stereocenters. The summed E-state index contributed by atoms with van der Waals surface area (Å²) in [6, 6.07) is 4.01. The van der Waals surface area contributed by atoms with Gasteiger partial charge in [-0.05, 0) is 44.1 Å². The standard InChI is InChI=1S/C15H23N3O3/c16-5-1-2-6-17-7-9-18(10-8-17)15(21)13-11-12(19)3-4-14(13)20/h3-4,11,19-20H,1-2,5-10,16H2. The number of nitrogens with two attached hydrogens (primary N) is 1. The van der Waals surface area contributed by atoms with Gasteiger partial charge in [-0.2, -0.15) is 0 Å². The van der Waals surface area contributed by atoms with E-state index in [1.54, 1.807) is 4.90 Å². The second-order valence-electron chi connectivity index (χ2n) is 5.33. The normalized spacial score (nSPS) is 16.1. The lowest BCUT2D eigenvalue weighted by Crippen LogP contribution is -2.48. The number of aromatic hydroxyl groups is 2. The number of rotatable bonds is 5. The number of amides is 1. The van der Waals surface area contributed by atoms with Gasteiger partial charge >= 0.3 is 0 Å². The zero-order valence-corrected chi connectivity index (χ0v) is 12.2. The number of nitrogens with zero attached hydrogens (tertiary/aromatic N) is 2. The minimum atomic E-state index is -0.231. The predicted octanol–water partition coefficient (Wildman–Crippen LogP) is 0.594. The van der Waals surface area contributed by atoms with Crippen LogP contribution in [0.2, 0.25) is 0 Å². The zero-order valence-electron chi connectivity index (χ0n) is 12.2. The zero-order chi connectivity index (χ0) is 15.2. The number of carbonyl (C=O) groups excluding carboxylic acids is 1. The molecule has 1 aliphatic rings. The van der Waals surface area contributed by atoms with E-state index in [1.165, 1.54) is 18.2 Å². The molecule has 0 bridgehead atoms. The summed E-state index contributed by atoms with van der Waals surface area (Å²) in [6.45, 7) is 4.66. The first-order valence-electron chi connectivity index (χ1n) is 7.35. The van der Waals surface area contributed by atoms with E-state index in [1.807, 2.05) is 0 Å². The molecule has 1 fully saturated rings. The lowest BCUT2D eigenvalue weighted by molar-refractivity contribution is 0.0632. The first-order chi connectivity index (χ1) is 10.1. The van der Waals surface area contributed by atoms with Crippen molar-refractivity contribution in [3.8, 4) is 11.5 Å². The Morgan fingerprint density at radius 3 is 2.52 bits per heavy atom. The molecule has 0 saturated carbocycles. The summed E-state index contributed by atoms with van der Waals surface area (Å²) in [5, 5.41) is 19.2. The fourth-order valence-corrected chi connectivity index (χ4v) is 2.52. The topological polar surface area (TPSA) is 90.0 Å². The number of hydrogen-bond acceptors (Lipinski definition) is 5. The molecule has 21 heavy (non-hydrogen) atoms. The lowest BCUT2D eigenvalue weighted by Gasteiger charge is -2.34.